The zero-order valence-electron chi connectivity index (χ0n) is 13.0. The van der Waals surface area contributed by atoms with Crippen molar-refractivity contribution in [2.45, 2.75) is 11.7 Å². The third kappa shape index (κ3) is 4.95. The lowest BCUT2D eigenvalue weighted by Gasteiger charge is -2.13. The van der Waals surface area contributed by atoms with Crippen LogP contribution in [0.2, 0.25) is 0 Å². The predicted molar refractivity (Wildman–Crippen MR) is 91.4 cm³/mol. The summed E-state index contributed by atoms with van der Waals surface area (Å²) < 4.78 is 6.79. The highest BCUT2D eigenvalue weighted by atomic mass is 32.2. The van der Waals surface area contributed by atoms with E-state index in [2.05, 4.69) is 4.98 Å². The molecule has 0 saturated carbocycles. The maximum atomic E-state index is 11.4. The van der Waals surface area contributed by atoms with Crippen molar-refractivity contribution in [3.05, 3.63) is 52.6 Å². The highest BCUT2D eigenvalue weighted by molar-refractivity contribution is 8.00. The number of para-hydroxylation sites is 1. The van der Waals surface area contributed by atoms with Gasteiger partial charge in [0, 0.05) is 11.9 Å². The minimum Gasteiger partial charge on any atom is -0.507 e. The van der Waals surface area contributed by atoms with Crippen molar-refractivity contribution in [2.24, 2.45) is 0 Å². The number of ether oxygens (including phenoxy) is 1. The number of anilines is 1. The smallest absolute Gasteiger partial charge is 0.351 e. The van der Waals surface area contributed by atoms with E-state index < -0.39 is 11.7 Å². The lowest BCUT2D eigenvalue weighted by Crippen LogP contribution is -2.28. The van der Waals surface area contributed by atoms with Crippen LogP contribution in [0.3, 0.4) is 0 Å². The molecule has 1 fully saturated rings. The molecule has 2 aromatic rings. The Hall–Kier alpha value is -2.56. The first kappa shape index (κ1) is 18.8. The zero-order chi connectivity index (χ0) is 18.4. The Labute approximate surface area is 146 Å². The number of thioether (sulfide) groups is 1. The van der Waals surface area contributed by atoms with Crippen LogP contribution in [0.15, 0.2) is 41.3 Å². The summed E-state index contributed by atoms with van der Waals surface area (Å²) in [5.74, 6) is -0.495. The molecule has 1 aromatic heterocycles. The van der Waals surface area contributed by atoms with Crippen LogP contribution in [0.25, 0.3) is 0 Å². The summed E-state index contributed by atoms with van der Waals surface area (Å²) in [4.78, 5) is 25.3. The van der Waals surface area contributed by atoms with Gasteiger partial charge in [-0.25, -0.2) is 9.59 Å². The second kappa shape index (κ2) is 8.51. The molecule has 134 valence electrons. The molecule has 1 aliphatic heterocycles. The van der Waals surface area contributed by atoms with Crippen LogP contribution in [-0.2, 0) is 4.74 Å². The zero-order valence-corrected chi connectivity index (χ0v) is 13.8. The summed E-state index contributed by atoms with van der Waals surface area (Å²) in [5, 5.41) is 26.2. The molecule has 0 radical (unpaired) electrons. The molecule has 10 heteroatoms. The van der Waals surface area contributed by atoms with Crippen molar-refractivity contribution in [1.82, 2.24) is 9.55 Å². The summed E-state index contributed by atoms with van der Waals surface area (Å²) in [7, 11) is 0. The van der Waals surface area contributed by atoms with Crippen LogP contribution in [0.1, 0.15) is 16.6 Å². The average molecular weight is 367 g/mol. The van der Waals surface area contributed by atoms with E-state index in [1.54, 1.807) is 24.4 Å². The van der Waals surface area contributed by atoms with Gasteiger partial charge >= 0.3 is 11.7 Å². The van der Waals surface area contributed by atoms with Gasteiger partial charge in [-0.3, -0.25) is 4.57 Å². The Morgan fingerprint density at radius 1 is 1.40 bits per heavy atom. The maximum Gasteiger partial charge on any atom is 0.351 e. The number of aliphatic hydroxyl groups is 1. The lowest BCUT2D eigenvalue weighted by molar-refractivity contribution is -0.00629. The number of carboxylic acid groups (broad SMARTS) is 1. The second-order valence-electron chi connectivity index (χ2n) is 4.90. The first-order valence-electron chi connectivity index (χ1n) is 7.16. The van der Waals surface area contributed by atoms with Crippen LogP contribution >= 0.6 is 11.8 Å². The summed E-state index contributed by atoms with van der Waals surface area (Å²) >= 11 is 1.47. The van der Waals surface area contributed by atoms with E-state index >= 15 is 0 Å². The number of phenols is 1. The highest BCUT2D eigenvalue weighted by Crippen LogP contribution is 2.30. The average Bonchev–Trinajstić information content (AvgIpc) is 3.04. The van der Waals surface area contributed by atoms with Gasteiger partial charge in [0.2, 0.25) is 0 Å². The van der Waals surface area contributed by atoms with Gasteiger partial charge in [0.05, 0.1) is 6.61 Å². The molecule has 3 rings (SSSR count). The minimum absolute atomic E-state index is 0.0572. The third-order valence-corrected chi connectivity index (χ3v) is 4.29. The summed E-state index contributed by atoms with van der Waals surface area (Å²) in [6.07, 6.45) is 1.18. The van der Waals surface area contributed by atoms with E-state index in [1.807, 2.05) is 0 Å². The number of rotatable bonds is 3. The molecule has 1 aromatic carbocycles. The highest BCUT2D eigenvalue weighted by Gasteiger charge is 2.27. The first-order chi connectivity index (χ1) is 11.9. The van der Waals surface area contributed by atoms with Crippen LogP contribution in [0.5, 0.6) is 5.75 Å². The Morgan fingerprint density at radius 2 is 2.12 bits per heavy atom. The molecule has 9 nitrogen and oxygen atoms in total. The van der Waals surface area contributed by atoms with Gasteiger partial charge in [-0.15, -0.1) is 11.8 Å². The van der Waals surface area contributed by atoms with E-state index in [0.29, 0.717) is 5.75 Å². The van der Waals surface area contributed by atoms with Gasteiger partial charge in [-0.2, -0.15) is 4.98 Å². The molecule has 0 spiro atoms. The van der Waals surface area contributed by atoms with Crippen molar-refractivity contribution in [2.75, 3.05) is 18.1 Å². The number of benzene rings is 1. The summed E-state index contributed by atoms with van der Waals surface area (Å²) in [5.41, 5.74) is 4.61. The topological polar surface area (TPSA) is 148 Å². The van der Waals surface area contributed by atoms with E-state index in [-0.39, 0.29) is 35.4 Å². The normalized spacial score (nSPS) is 19.1. The monoisotopic (exact) mass is 367 g/mol. The number of carbonyl (C=O) groups is 1. The fourth-order valence-corrected chi connectivity index (χ4v) is 2.92. The van der Waals surface area contributed by atoms with E-state index in [4.69, 9.17) is 25.8 Å². The molecule has 2 heterocycles. The van der Waals surface area contributed by atoms with Gasteiger partial charge in [0.15, 0.2) is 0 Å². The number of hydrogen-bond donors (Lipinski definition) is 4. The second-order valence-corrected chi connectivity index (χ2v) is 6.09. The van der Waals surface area contributed by atoms with Crippen LogP contribution < -0.4 is 11.4 Å². The lowest BCUT2D eigenvalue weighted by atomic mass is 10.2. The summed E-state index contributed by atoms with van der Waals surface area (Å²) in [6.45, 7) is -0.0572. The van der Waals surface area contributed by atoms with Crippen molar-refractivity contribution in [1.29, 1.82) is 0 Å². The number of nitrogens with two attached hydrogens (primary N) is 1. The number of nitrogen functional groups attached to an aromatic ring is 1. The number of aromatic nitrogens is 2. The molecule has 0 bridgehead atoms. The van der Waals surface area contributed by atoms with Crippen molar-refractivity contribution in [3.63, 3.8) is 0 Å². The standard InChI is InChI=1S/C8H11N3O3S.C7H6O3/c9-5-1-2-11(8(13)10-5)6-4-15-7(3-12)14-6;8-6-4-2-1-3-5(6)7(9)10/h1-2,6-7,12H,3-4H2,(H2,9,10,13);1-4,8H,(H,9,10)/t6-,7+;/m1./s1. The Balaban J connectivity index is 0.000000196. The van der Waals surface area contributed by atoms with Gasteiger partial charge in [-0.1, -0.05) is 12.1 Å². The van der Waals surface area contributed by atoms with Gasteiger partial charge in [0.1, 0.15) is 28.8 Å². The Kier molecular flexibility index (Phi) is 6.39. The molecule has 2 atom stereocenters. The molecule has 0 aliphatic carbocycles. The molecule has 1 saturated heterocycles. The van der Waals surface area contributed by atoms with E-state index in [0.717, 1.165) is 0 Å². The first-order valence-corrected chi connectivity index (χ1v) is 8.21. The molecule has 5 N–H and O–H groups in total. The molecule has 0 amide bonds. The molecular weight excluding hydrogens is 350 g/mol. The SMILES string of the molecule is Nc1ccn([C@H]2CS[C@@H](CO)O2)c(=O)n1.O=C(O)c1ccccc1O. The quantitative estimate of drug-likeness (QED) is 0.608. The molecule has 25 heavy (non-hydrogen) atoms. The van der Waals surface area contributed by atoms with Crippen molar-refractivity contribution < 1.29 is 24.9 Å². The molecular formula is C15H17N3O6S. The van der Waals surface area contributed by atoms with Gasteiger partial charge < -0.3 is 25.8 Å². The van der Waals surface area contributed by atoms with Crippen LogP contribution in [0.4, 0.5) is 5.82 Å². The van der Waals surface area contributed by atoms with Crippen LogP contribution in [-0.4, -0.2) is 48.6 Å². The minimum atomic E-state index is -1.11. The summed E-state index contributed by atoms with van der Waals surface area (Å²) in [6, 6.07) is 7.35. The molecule has 1 aliphatic rings. The van der Waals surface area contributed by atoms with Gasteiger partial charge in [0.25, 0.3) is 0 Å². The van der Waals surface area contributed by atoms with Gasteiger partial charge in [-0.05, 0) is 18.2 Å². The van der Waals surface area contributed by atoms with Crippen molar-refractivity contribution in [3.8, 4) is 5.75 Å². The van der Waals surface area contributed by atoms with E-state index in [1.165, 1.54) is 28.5 Å². The molecule has 0 unspecified atom stereocenters. The number of aromatic carboxylic acids is 1. The largest absolute Gasteiger partial charge is 0.507 e. The van der Waals surface area contributed by atoms with E-state index in [9.17, 15) is 9.59 Å². The maximum absolute atomic E-state index is 11.4. The number of aromatic hydroxyl groups is 1. The fourth-order valence-electron chi connectivity index (χ4n) is 1.98. The predicted octanol–water partition coefficient (Wildman–Crippen LogP) is 0.496. The number of nitrogens with zero attached hydrogens (tertiary/aromatic N) is 2. The third-order valence-electron chi connectivity index (χ3n) is 3.18. The number of aliphatic hydroxyl groups excluding tert-OH is 1. The van der Waals surface area contributed by atoms with Crippen LogP contribution in [0, 0.1) is 0 Å². The number of carboxylic acids is 1. The Morgan fingerprint density at radius 3 is 2.64 bits per heavy atom. The Bertz CT molecular complexity index is 797. The van der Waals surface area contributed by atoms with Crippen molar-refractivity contribution >= 4 is 23.5 Å². The number of hydrogen-bond acceptors (Lipinski definition) is 8. The fraction of sp³-hybridized carbons (Fsp3) is 0.267.